The van der Waals surface area contributed by atoms with Crippen molar-refractivity contribution in [1.82, 2.24) is 19.7 Å². The predicted molar refractivity (Wildman–Crippen MR) is 148 cm³/mol. The Kier molecular flexibility index (Phi) is 8.23. The second kappa shape index (κ2) is 11.8. The molecule has 0 radical (unpaired) electrons. The number of aromatic nitrogens is 1. The van der Waals surface area contributed by atoms with E-state index in [2.05, 4.69) is 0 Å². The fourth-order valence-electron chi connectivity index (χ4n) is 5.84. The van der Waals surface area contributed by atoms with Gasteiger partial charge < -0.3 is 14.9 Å². The molecule has 1 saturated heterocycles. The van der Waals surface area contributed by atoms with Gasteiger partial charge in [0.25, 0.3) is 5.91 Å². The Bertz CT molecular complexity index is 1370. The Hall–Kier alpha value is -3.37. The predicted octanol–water partition coefficient (Wildman–Crippen LogP) is 4.63. The quantitative estimate of drug-likeness (QED) is 0.438. The third kappa shape index (κ3) is 5.81. The number of aliphatic carboxylic acids is 1. The fourth-order valence-corrected chi connectivity index (χ4v) is 6.58. The van der Waals surface area contributed by atoms with E-state index >= 15 is 0 Å². The number of thiophene rings is 1. The molecule has 3 aromatic rings. The second-order valence-corrected chi connectivity index (χ2v) is 11.2. The van der Waals surface area contributed by atoms with Crippen LogP contribution in [0.2, 0.25) is 0 Å². The van der Waals surface area contributed by atoms with Gasteiger partial charge in [-0.1, -0.05) is 25.3 Å². The number of carboxylic acid groups (broad SMARTS) is 1. The molecule has 1 aliphatic heterocycles. The zero-order valence-electron chi connectivity index (χ0n) is 22.1. The van der Waals surface area contributed by atoms with Gasteiger partial charge in [-0.05, 0) is 49.4 Å². The van der Waals surface area contributed by atoms with Gasteiger partial charge in [-0.25, -0.2) is 9.37 Å². The third-order valence-corrected chi connectivity index (χ3v) is 8.62. The van der Waals surface area contributed by atoms with Gasteiger partial charge in [0.05, 0.1) is 28.2 Å². The summed E-state index contributed by atoms with van der Waals surface area (Å²) in [4.78, 5) is 49.4. The Labute approximate surface area is 231 Å². The van der Waals surface area contributed by atoms with Crippen molar-refractivity contribution < 1.29 is 23.9 Å². The lowest BCUT2D eigenvalue weighted by Crippen LogP contribution is -2.51. The van der Waals surface area contributed by atoms with Gasteiger partial charge in [-0.15, -0.1) is 11.3 Å². The molecule has 2 amide bonds. The molecular formula is C29H33FN4O4S. The molecule has 0 unspecified atom stereocenters. The summed E-state index contributed by atoms with van der Waals surface area (Å²) in [6, 6.07) is 8.38. The minimum absolute atomic E-state index is 0.0338. The maximum atomic E-state index is 14.6. The molecule has 39 heavy (non-hydrogen) atoms. The molecule has 0 spiro atoms. The highest BCUT2D eigenvalue weighted by Gasteiger charge is 2.32. The SMILES string of the molecule is CCN(C(=O)c1c(CN2CCN(CC(=O)O)C(=O)C2)c(-c2cccs2)nc2ccc(F)cc12)C1CCCCC1. The van der Waals surface area contributed by atoms with Crippen LogP contribution >= 0.6 is 11.3 Å². The normalized spacial score (nSPS) is 17.1. The summed E-state index contributed by atoms with van der Waals surface area (Å²) in [7, 11) is 0. The Morgan fingerprint density at radius 1 is 1.18 bits per heavy atom. The van der Waals surface area contributed by atoms with Crippen LogP contribution in [0.25, 0.3) is 21.5 Å². The van der Waals surface area contributed by atoms with Gasteiger partial charge in [0.2, 0.25) is 5.91 Å². The molecule has 1 N–H and O–H groups in total. The van der Waals surface area contributed by atoms with Crippen molar-refractivity contribution in [3.63, 3.8) is 0 Å². The number of piperazine rings is 1. The lowest BCUT2D eigenvalue weighted by atomic mass is 9.92. The largest absolute Gasteiger partial charge is 0.480 e. The third-order valence-electron chi connectivity index (χ3n) is 7.74. The van der Waals surface area contributed by atoms with Gasteiger partial charge in [0.15, 0.2) is 0 Å². The van der Waals surface area contributed by atoms with Crippen LogP contribution in [0.3, 0.4) is 0 Å². The van der Waals surface area contributed by atoms with Crippen LogP contribution in [0, 0.1) is 5.82 Å². The summed E-state index contributed by atoms with van der Waals surface area (Å²) in [6.07, 6.45) is 5.22. The molecule has 8 nitrogen and oxygen atoms in total. The van der Waals surface area contributed by atoms with E-state index in [9.17, 15) is 18.8 Å². The number of amides is 2. The molecular weight excluding hydrogens is 519 g/mol. The number of benzene rings is 1. The smallest absolute Gasteiger partial charge is 0.323 e. The van der Waals surface area contributed by atoms with E-state index in [1.165, 1.54) is 34.8 Å². The van der Waals surface area contributed by atoms with Crippen molar-refractivity contribution >= 4 is 40.0 Å². The lowest BCUT2D eigenvalue weighted by Gasteiger charge is -2.36. The van der Waals surface area contributed by atoms with Crippen molar-refractivity contribution in [3.05, 3.63) is 52.7 Å². The van der Waals surface area contributed by atoms with E-state index in [-0.39, 0.29) is 44.0 Å². The molecule has 206 valence electrons. The van der Waals surface area contributed by atoms with Crippen molar-refractivity contribution in [2.24, 2.45) is 0 Å². The van der Waals surface area contributed by atoms with Crippen molar-refractivity contribution in [2.45, 2.75) is 51.6 Å². The van der Waals surface area contributed by atoms with Crippen molar-refractivity contribution in [2.75, 3.05) is 32.7 Å². The molecule has 5 rings (SSSR count). The molecule has 1 aliphatic carbocycles. The maximum Gasteiger partial charge on any atom is 0.323 e. The minimum Gasteiger partial charge on any atom is -0.480 e. The standard InChI is InChI=1S/C29H33FN4O4S/c1-2-34(20-7-4-3-5-8-20)29(38)27-21-15-19(30)10-11-23(21)31-28(24-9-6-14-39-24)22(27)16-32-12-13-33(18-26(36)37)25(35)17-32/h6,9-11,14-15,20H,2-5,7-8,12-13,16-18H2,1H3,(H,36,37). The molecule has 2 aliphatic rings. The monoisotopic (exact) mass is 552 g/mol. The van der Waals surface area contributed by atoms with Crippen LogP contribution in [0.1, 0.15) is 54.9 Å². The van der Waals surface area contributed by atoms with Crippen LogP contribution in [-0.4, -0.2) is 81.3 Å². The lowest BCUT2D eigenvalue weighted by molar-refractivity contribution is -0.147. The van der Waals surface area contributed by atoms with Crippen molar-refractivity contribution in [1.29, 1.82) is 0 Å². The summed E-state index contributed by atoms with van der Waals surface area (Å²) >= 11 is 1.51. The van der Waals surface area contributed by atoms with Gasteiger partial charge in [-0.2, -0.15) is 0 Å². The van der Waals surface area contributed by atoms with Crippen LogP contribution in [0.5, 0.6) is 0 Å². The summed E-state index contributed by atoms with van der Waals surface area (Å²) < 4.78 is 14.6. The zero-order valence-corrected chi connectivity index (χ0v) is 22.9. The molecule has 1 aromatic carbocycles. The first-order valence-electron chi connectivity index (χ1n) is 13.5. The average molecular weight is 553 g/mol. The summed E-state index contributed by atoms with van der Waals surface area (Å²) in [6.45, 7) is 3.23. The number of hydrogen-bond donors (Lipinski definition) is 1. The second-order valence-electron chi connectivity index (χ2n) is 10.3. The van der Waals surface area contributed by atoms with Gasteiger partial charge >= 0.3 is 5.97 Å². The maximum absolute atomic E-state index is 14.6. The van der Waals surface area contributed by atoms with E-state index in [0.29, 0.717) is 40.8 Å². The number of hydrogen-bond acceptors (Lipinski definition) is 6. The highest BCUT2D eigenvalue weighted by molar-refractivity contribution is 7.13. The van der Waals surface area contributed by atoms with E-state index in [0.717, 1.165) is 30.6 Å². The van der Waals surface area contributed by atoms with Crippen LogP contribution < -0.4 is 0 Å². The number of carbonyl (C=O) groups excluding carboxylic acids is 2. The first-order valence-corrected chi connectivity index (χ1v) is 14.4. The summed E-state index contributed by atoms with van der Waals surface area (Å²) in [5.41, 5.74) is 2.33. The summed E-state index contributed by atoms with van der Waals surface area (Å²) in [5, 5.41) is 11.6. The van der Waals surface area contributed by atoms with Crippen LogP contribution in [0.15, 0.2) is 35.7 Å². The number of carbonyl (C=O) groups is 3. The van der Waals surface area contributed by atoms with E-state index in [1.807, 2.05) is 34.2 Å². The molecule has 2 aromatic heterocycles. The molecule has 3 heterocycles. The van der Waals surface area contributed by atoms with E-state index in [1.54, 1.807) is 6.07 Å². The van der Waals surface area contributed by atoms with E-state index < -0.39 is 11.8 Å². The fraction of sp³-hybridized carbons (Fsp3) is 0.448. The Morgan fingerprint density at radius 2 is 1.97 bits per heavy atom. The number of nitrogens with zero attached hydrogens (tertiary/aromatic N) is 4. The molecule has 10 heteroatoms. The number of fused-ring (bicyclic) bond motifs is 1. The van der Waals surface area contributed by atoms with Crippen molar-refractivity contribution in [3.8, 4) is 10.6 Å². The Balaban J connectivity index is 1.62. The molecule has 2 fully saturated rings. The van der Waals surface area contributed by atoms with E-state index in [4.69, 9.17) is 10.1 Å². The number of rotatable bonds is 8. The molecule has 0 atom stereocenters. The van der Waals surface area contributed by atoms with Crippen LogP contribution in [-0.2, 0) is 16.1 Å². The van der Waals surface area contributed by atoms with Gasteiger partial charge in [-0.3, -0.25) is 19.3 Å². The first kappa shape index (κ1) is 27.2. The topological polar surface area (TPSA) is 94.0 Å². The average Bonchev–Trinajstić information content (AvgIpc) is 3.45. The Morgan fingerprint density at radius 3 is 2.64 bits per heavy atom. The highest BCUT2D eigenvalue weighted by Crippen LogP contribution is 2.36. The van der Waals surface area contributed by atoms with Crippen LogP contribution in [0.4, 0.5) is 4.39 Å². The van der Waals surface area contributed by atoms with Gasteiger partial charge in [0.1, 0.15) is 12.4 Å². The number of halogens is 1. The van der Waals surface area contributed by atoms with Gasteiger partial charge in [0, 0.05) is 43.2 Å². The number of pyridine rings is 1. The summed E-state index contributed by atoms with van der Waals surface area (Å²) in [5.74, 6) is -1.89. The zero-order chi connectivity index (χ0) is 27.5. The molecule has 0 bridgehead atoms. The number of carboxylic acids is 1. The first-order chi connectivity index (χ1) is 18.9. The molecule has 1 saturated carbocycles. The highest BCUT2D eigenvalue weighted by atomic mass is 32.1. The minimum atomic E-state index is -1.05.